The number of hydrogen-bond donors (Lipinski definition) is 1. The lowest BCUT2D eigenvalue weighted by molar-refractivity contribution is 0.588. The van der Waals surface area contributed by atoms with Crippen molar-refractivity contribution < 1.29 is 8.42 Å². The van der Waals surface area contributed by atoms with Crippen LogP contribution in [-0.4, -0.2) is 33.5 Å². The van der Waals surface area contributed by atoms with Crippen LogP contribution in [0.25, 0.3) is 16.9 Å². The molecule has 23 heavy (non-hydrogen) atoms. The minimum atomic E-state index is -3.28. The summed E-state index contributed by atoms with van der Waals surface area (Å²) in [6.45, 7) is 0.404. The zero-order chi connectivity index (χ0) is 16.0. The molecule has 3 aromatic rings. The topological polar surface area (TPSA) is 81.8 Å². The van der Waals surface area contributed by atoms with Crippen molar-refractivity contribution in [2.24, 2.45) is 0 Å². The Labute approximate surface area is 137 Å². The molecule has 0 spiro atoms. The average Bonchev–Trinajstić information content (AvgIpc) is 3.12. The van der Waals surface area contributed by atoms with Gasteiger partial charge in [0.15, 0.2) is 0 Å². The summed E-state index contributed by atoms with van der Waals surface area (Å²) >= 11 is 5.87. The predicted molar refractivity (Wildman–Crippen MR) is 87.2 cm³/mol. The highest BCUT2D eigenvalue weighted by atomic mass is 35.5. The second-order valence-electron chi connectivity index (χ2n) is 5.21. The molecular weight excluding hydrogens is 338 g/mol. The molecule has 0 radical (unpaired) electrons. The van der Waals surface area contributed by atoms with Crippen LogP contribution in [0.3, 0.4) is 0 Å². The number of benzene rings is 1. The standard InChI is InChI=1S/C14H12ClN5O2S/c15-11-7-17-20(8-11)12-3-1-10(2-4-12)13-14-18-23(21,22)6-5-19(14)9-16-13/h1-4,7-9,18H,5-6H2. The number of imidazole rings is 1. The third-order valence-electron chi connectivity index (χ3n) is 3.65. The first-order valence-electron chi connectivity index (χ1n) is 6.88. The molecule has 3 heterocycles. The van der Waals surface area contributed by atoms with Gasteiger partial charge in [0, 0.05) is 18.3 Å². The second kappa shape index (κ2) is 5.10. The zero-order valence-electron chi connectivity index (χ0n) is 11.8. The number of halogens is 1. The van der Waals surface area contributed by atoms with Gasteiger partial charge in [0.25, 0.3) is 0 Å². The van der Waals surface area contributed by atoms with Gasteiger partial charge in [-0.05, 0) is 12.1 Å². The highest BCUT2D eigenvalue weighted by Crippen LogP contribution is 2.30. The quantitative estimate of drug-likeness (QED) is 0.768. The maximum atomic E-state index is 11.8. The molecule has 7 nitrogen and oxygen atoms in total. The van der Waals surface area contributed by atoms with Gasteiger partial charge < -0.3 is 4.57 Å². The maximum Gasteiger partial charge on any atom is 0.235 e. The van der Waals surface area contributed by atoms with E-state index in [4.69, 9.17) is 11.6 Å². The van der Waals surface area contributed by atoms with Crippen LogP contribution >= 0.6 is 11.6 Å². The number of nitrogens with one attached hydrogen (secondary N) is 1. The van der Waals surface area contributed by atoms with Crippen LogP contribution < -0.4 is 4.72 Å². The van der Waals surface area contributed by atoms with E-state index in [2.05, 4.69) is 14.8 Å². The van der Waals surface area contributed by atoms with E-state index in [0.717, 1.165) is 11.3 Å². The number of aromatic nitrogens is 4. The van der Waals surface area contributed by atoms with E-state index in [-0.39, 0.29) is 5.75 Å². The lowest BCUT2D eigenvalue weighted by Gasteiger charge is -2.17. The predicted octanol–water partition coefficient (Wildman–Crippen LogP) is 2.14. The van der Waals surface area contributed by atoms with Gasteiger partial charge in [0.05, 0.1) is 29.0 Å². The molecule has 1 aromatic carbocycles. The Balaban J connectivity index is 1.71. The molecule has 118 valence electrons. The van der Waals surface area contributed by atoms with Gasteiger partial charge in [0.1, 0.15) is 11.5 Å². The van der Waals surface area contributed by atoms with Crippen LogP contribution in [0.2, 0.25) is 5.02 Å². The summed E-state index contributed by atoms with van der Waals surface area (Å²) in [5.41, 5.74) is 2.29. The van der Waals surface area contributed by atoms with Gasteiger partial charge >= 0.3 is 0 Å². The first kappa shape index (κ1) is 14.3. The molecule has 9 heteroatoms. The van der Waals surface area contributed by atoms with E-state index in [1.807, 2.05) is 24.3 Å². The monoisotopic (exact) mass is 349 g/mol. The number of hydrogen-bond acceptors (Lipinski definition) is 4. The number of rotatable bonds is 2. The molecule has 0 atom stereocenters. The van der Waals surface area contributed by atoms with Crippen LogP contribution in [-0.2, 0) is 16.6 Å². The Morgan fingerprint density at radius 3 is 2.70 bits per heavy atom. The van der Waals surface area contributed by atoms with Gasteiger partial charge in [-0.15, -0.1) is 0 Å². The molecule has 0 bridgehead atoms. The van der Waals surface area contributed by atoms with E-state index in [9.17, 15) is 8.42 Å². The summed E-state index contributed by atoms with van der Waals surface area (Å²) in [5.74, 6) is 0.570. The molecule has 1 aliphatic heterocycles. The van der Waals surface area contributed by atoms with Crippen molar-refractivity contribution in [2.75, 3.05) is 10.5 Å². The van der Waals surface area contributed by atoms with Gasteiger partial charge in [0.2, 0.25) is 10.0 Å². The average molecular weight is 350 g/mol. The summed E-state index contributed by atoms with van der Waals surface area (Å²) in [5, 5.41) is 4.70. The van der Waals surface area contributed by atoms with E-state index in [1.54, 1.807) is 28.0 Å². The number of nitrogens with zero attached hydrogens (tertiary/aromatic N) is 4. The summed E-state index contributed by atoms with van der Waals surface area (Å²) in [7, 11) is -3.28. The first-order valence-corrected chi connectivity index (χ1v) is 8.91. The van der Waals surface area contributed by atoms with Crippen molar-refractivity contribution in [1.29, 1.82) is 0 Å². The normalized spacial score (nSPS) is 15.9. The molecule has 1 N–H and O–H groups in total. The fraction of sp³-hybridized carbons (Fsp3) is 0.143. The van der Waals surface area contributed by atoms with E-state index < -0.39 is 10.0 Å². The van der Waals surface area contributed by atoms with Crippen molar-refractivity contribution in [3.05, 3.63) is 48.0 Å². The maximum absolute atomic E-state index is 11.8. The highest BCUT2D eigenvalue weighted by molar-refractivity contribution is 7.92. The number of sulfonamides is 1. The van der Waals surface area contributed by atoms with Crippen LogP contribution in [0.1, 0.15) is 0 Å². The van der Waals surface area contributed by atoms with Crippen molar-refractivity contribution in [1.82, 2.24) is 19.3 Å². The highest BCUT2D eigenvalue weighted by Gasteiger charge is 2.24. The smallest absolute Gasteiger partial charge is 0.235 e. The molecule has 0 unspecified atom stereocenters. The Hall–Kier alpha value is -2.32. The van der Waals surface area contributed by atoms with Crippen molar-refractivity contribution in [2.45, 2.75) is 6.54 Å². The van der Waals surface area contributed by atoms with Crippen molar-refractivity contribution >= 4 is 27.4 Å². The molecule has 1 aliphatic rings. The number of fused-ring (bicyclic) bond motifs is 1. The summed E-state index contributed by atoms with van der Waals surface area (Å²) < 4.78 is 29.6. The van der Waals surface area contributed by atoms with Crippen LogP contribution in [0.4, 0.5) is 5.82 Å². The Bertz CT molecular complexity index is 975. The van der Waals surface area contributed by atoms with Gasteiger partial charge in [-0.2, -0.15) is 5.10 Å². The third kappa shape index (κ3) is 2.60. The summed E-state index contributed by atoms with van der Waals surface area (Å²) in [4.78, 5) is 4.33. The Morgan fingerprint density at radius 2 is 2.00 bits per heavy atom. The second-order valence-corrected chi connectivity index (χ2v) is 7.48. The van der Waals surface area contributed by atoms with Crippen LogP contribution in [0.15, 0.2) is 43.0 Å². The number of anilines is 1. The van der Waals surface area contributed by atoms with E-state index in [1.165, 1.54) is 0 Å². The fourth-order valence-electron chi connectivity index (χ4n) is 2.50. The molecule has 4 rings (SSSR count). The molecule has 0 amide bonds. The minimum absolute atomic E-state index is 0.0643. The molecule has 0 saturated carbocycles. The summed E-state index contributed by atoms with van der Waals surface area (Å²) in [6, 6.07) is 7.50. The van der Waals surface area contributed by atoms with Gasteiger partial charge in [-0.3, -0.25) is 4.72 Å². The Morgan fingerprint density at radius 1 is 1.22 bits per heavy atom. The van der Waals surface area contributed by atoms with Crippen LogP contribution in [0.5, 0.6) is 0 Å². The largest absolute Gasteiger partial charge is 0.315 e. The molecular formula is C14H12ClN5O2S. The third-order valence-corrected chi connectivity index (χ3v) is 5.07. The molecule has 0 saturated heterocycles. The van der Waals surface area contributed by atoms with Crippen molar-refractivity contribution in [3.63, 3.8) is 0 Å². The Kier molecular flexibility index (Phi) is 3.17. The number of aryl methyl sites for hydroxylation is 1. The van der Waals surface area contributed by atoms with E-state index >= 15 is 0 Å². The minimum Gasteiger partial charge on any atom is -0.315 e. The SMILES string of the molecule is O=S1(=O)CCn2cnc(-c3ccc(-n4cc(Cl)cn4)cc3)c2N1. The van der Waals surface area contributed by atoms with Gasteiger partial charge in [-0.1, -0.05) is 23.7 Å². The molecule has 0 fully saturated rings. The first-order chi connectivity index (χ1) is 11.0. The zero-order valence-corrected chi connectivity index (χ0v) is 13.4. The van der Waals surface area contributed by atoms with Crippen LogP contribution in [0, 0.1) is 0 Å². The molecule has 2 aromatic heterocycles. The van der Waals surface area contributed by atoms with Gasteiger partial charge in [-0.25, -0.2) is 18.1 Å². The fourth-order valence-corrected chi connectivity index (χ4v) is 3.68. The van der Waals surface area contributed by atoms with Crippen molar-refractivity contribution in [3.8, 4) is 16.9 Å². The van der Waals surface area contributed by atoms with E-state index in [0.29, 0.717) is 23.1 Å². The summed E-state index contributed by atoms with van der Waals surface area (Å²) in [6.07, 6.45) is 4.92. The lowest BCUT2D eigenvalue weighted by atomic mass is 10.1. The molecule has 0 aliphatic carbocycles. The lowest BCUT2D eigenvalue weighted by Crippen LogP contribution is -2.27.